The van der Waals surface area contributed by atoms with E-state index in [0.29, 0.717) is 0 Å². The molecule has 2 atom stereocenters. The van der Waals surface area contributed by atoms with Crippen molar-refractivity contribution in [3.8, 4) is 6.07 Å². The molecule has 4 N–H and O–H groups in total. The van der Waals surface area contributed by atoms with E-state index in [1.165, 1.54) is 12.1 Å². The second-order valence-electron chi connectivity index (χ2n) is 3.01. The number of nitrogens with zero attached hydrogens (tertiary/aromatic N) is 1. The maximum absolute atomic E-state index is 10.5. The Bertz CT molecular complexity index is 411. The van der Waals surface area contributed by atoms with Crippen LogP contribution in [0.2, 0.25) is 0 Å². The van der Waals surface area contributed by atoms with Gasteiger partial charge in [0, 0.05) is 5.56 Å². The summed E-state index contributed by atoms with van der Waals surface area (Å²) in [6.07, 6.45) is -1.38. The largest absolute Gasteiger partial charge is 0.480 e. The van der Waals surface area contributed by atoms with E-state index in [1.807, 2.05) is 6.07 Å². The van der Waals surface area contributed by atoms with Gasteiger partial charge in [0.1, 0.15) is 12.1 Å². The molecular weight excluding hydrogens is 196 g/mol. The topological polar surface area (TPSA) is 107 Å². The van der Waals surface area contributed by atoms with Crippen molar-refractivity contribution in [2.24, 2.45) is 5.73 Å². The van der Waals surface area contributed by atoms with E-state index in [2.05, 4.69) is 0 Å². The first-order chi connectivity index (χ1) is 7.07. The van der Waals surface area contributed by atoms with Crippen LogP contribution in [-0.2, 0) is 4.79 Å². The molecule has 0 aliphatic carbocycles. The molecule has 15 heavy (non-hydrogen) atoms. The highest BCUT2D eigenvalue weighted by atomic mass is 16.4. The zero-order valence-electron chi connectivity index (χ0n) is 7.79. The molecule has 0 spiro atoms. The van der Waals surface area contributed by atoms with Crippen molar-refractivity contribution in [3.63, 3.8) is 0 Å². The molecule has 5 heteroatoms. The third-order valence-corrected chi connectivity index (χ3v) is 2.03. The molecule has 1 aromatic carbocycles. The van der Waals surface area contributed by atoms with Gasteiger partial charge in [0.2, 0.25) is 0 Å². The highest BCUT2D eigenvalue weighted by Gasteiger charge is 2.25. The van der Waals surface area contributed by atoms with Gasteiger partial charge in [-0.05, 0) is 6.07 Å². The van der Waals surface area contributed by atoms with Crippen molar-refractivity contribution in [2.45, 2.75) is 12.1 Å². The van der Waals surface area contributed by atoms with Crippen molar-refractivity contribution in [2.75, 3.05) is 0 Å². The number of aliphatic hydroxyl groups excluding tert-OH is 1. The van der Waals surface area contributed by atoms with Gasteiger partial charge in [0.15, 0.2) is 0 Å². The molecular formula is C10H10N2O3. The fourth-order valence-corrected chi connectivity index (χ4v) is 1.19. The van der Waals surface area contributed by atoms with Gasteiger partial charge in [-0.3, -0.25) is 4.79 Å². The molecule has 0 amide bonds. The number of hydrogen-bond donors (Lipinski definition) is 3. The predicted octanol–water partition coefficient (Wildman–Crippen LogP) is 0.00358. The first-order valence-corrected chi connectivity index (χ1v) is 4.23. The van der Waals surface area contributed by atoms with E-state index in [0.717, 1.165) is 0 Å². The maximum Gasteiger partial charge on any atom is 0.323 e. The molecule has 0 bridgehead atoms. The summed E-state index contributed by atoms with van der Waals surface area (Å²) in [6, 6.07) is 6.63. The summed E-state index contributed by atoms with van der Waals surface area (Å²) in [5, 5.41) is 27.0. The summed E-state index contributed by atoms with van der Waals surface area (Å²) < 4.78 is 0. The van der Waals surface area contributed by atoms with Gasteiger partial charge in [0.05, 0.1) is 11.6 Å². The lowest BCUT2D eigenvalue weighted by Gasteiger charge is -2.15. The van der Waals surface area contributed by atoms with Gasteiger partial charge in [0.25, 0.3) is 0 Å². The average molecular weight is 206 g/mol. The van der Waals surface area contributed by atoms with Crippen LogP contribution in [0, 0.1) is 11.3 Å². The maximum atomic E-state index is 10.5. The fourth-order valence-electron chi connectivity index (χ4n) is 1.19. The number of aliphatic carboxylic acids is 1. The van der Waals surface area contributed by atoms with E-state index < -0.39 is 18.1 Å². The van der Waals surface area contributed by atoms with Crippen molar-refractivity contribution in [1.29, 1.82) is 5.26 Å². The van der Waals surface area contributed by atoms with Gasteiger partial charge < -0.3 is 15.9 Å². The van der Waals surface area contributed by atoms with Gasteiger partial charge in [-0.2, -0.15) is 5.26 Å². The van der Waals surface area contributed by atoms with Crippen LogP contribution in [0.25, 0.3) is 0 Å². The van der Waals surface area contributed by atoms with Crippen LogP contribution in [0.1, 0.15) is 17.2 Å². The average Bonchev–Trinajstić information content (AvgIpc) is 2.26. The Labute approximate surface area is 86.4 Å². The van der Waals surface area contributed by atoms with E-state index in [1.54, 1.807) is 12.1 Å². The van der Waals surface area contributed by atoms with Crippen molar-refractivity contribution in [1.82, 2.24) is 0 Å². The molecule has 1 rings (SSSR count). The van der Waals surface area contributed by atoms with Crippen molar-refractivity contribution < 1.29 is 15.0 Å². The minimum absolute atomic E-state index is 0.224. The lowest BCUT2D eigenvalue weighted by Crippen LogP contribution is -2.36. The van der Waals surface area contributed by atoms with E-state index in [-0.39, 0.29) is 11.1 Å². The Kier molecular flexibility index (Phi) is 3.39. The monoisotopic (exact) mass is 206 g/mol. The molecule has 0 saturated heterocycles. The van der Waals surface area contributed by atoms with Crippen LogP contribution in [0.3, 0.4) is 0 Å². The number of nitriles is 1. The minimum Gasteiger partial charge on any atom is -0.480 e. The molecule has 0 saturated carbocycles. The van der Waals surface area contributed by atoms with Crippen molar-refractivity contribution >= 4 is 5.97 Å². The Morgan fingerprint density at radius 2 is 2.07 bits per heavy atom. The third-order valence-electron chi connectivity index (χ3n) is 2.03. The number of carbonyl (C=O) groups is 1. The Balaban J connectivity index is 3.06. The first-order valence-electron chi connectivity index (χ1n) is 4.23. The van der Waals surface area contributed by atoms with Crippen LogP contribution in [-0.4, -0.2) is 22.2 Å². The Hall–Kier alpha value is -1.90. The zero-order chi connectivity index (χ0) is 11.4. The first kappa shape index (κ1) is 11.2. The summed E-state index contributed by atoms with van der Waals surface area (Å²) in [6.45, 7) is 0. The number of aliphatic hydroxyl groups is 1. The number of nitrogens with two attached hydrogens (primary N) is 1. The summed E-state index contributed by atoms with van der Waals surface area (Å²) >= 11 is 0. The summed E-state index contributed by atoms with van der Waals surface area (Å²) in [4.78, 5) is 10.5. The highest BCUT2D eigenvalue weighted by molar-refractivity contribution is 5.74. The van der Waals surface area contributed by atoms with E-state index >= 15 is 0 Å². The SMILES string of the molecule is N#Cc1ccccc1C(O)C(N)C(=O)O. The molecule has 0 aliphatic heterocycles. The van der Waals surface area contributed by atoms with E-state index in [4.69, 9.17) is 16.1 Å². The summed E-state index contributed by atoms with van der Waals surface area (Å²) in [7, 11) is 0. The minimum atomic E-state index is -1.43. The number of carboxylic acid groups (broad SMARTS) is 1. The standard InChI is InChI=1S/C10H10N2O3/c11-5-6-3-1-2-4-7(6)9(13)8(12)10(14)15/h1-4,8-9,13H,12H2,(H,14,15). The third kappa shape index (κ3) is 2.31. The Morgan fingerprint density at radius 1 is 1.47 bits per heavy atom. The molecule has 1 aromatic rings. The molecule has 0 aliphatic rings. The quantitative estimate of drug-likeness (QED) is 0.645. The van der Waals surface area contributed by atoms with Gasteiger partial charge in [-0.15, -0.1) is 0 Å². The fraction of sp³-hybridized carbons (Fsp3) is 0.200. The van der Waals surface area contributed by atoms with Gasteiger partial charge in [-0.25, -0.2) is 0 Å². The number of carboxylic acids is 1. The number of benzene rings is 1. The lowest BCUT2D eigenvalue weighted by atomic mass is 9.98. The zero-order valence-corrected chi connectivity index (χ0v) is 7.79. The molecule has 0 fully saturated rings. The number of rotatable bonds is 3. The smallest absolute Gasteiger partial charge is 0.323 e. The van der Waals surface area contributed by atoms with Crippen LogP contribution in [0.4, 0.5) is 0 Å². The van der Waals surface area contributed by atoms with Crippen molar-refractivity contribution in [3.05, 3.63) is 35.4 Å². The van der Waals surface area contributed by atoms with Crippen LogP contribution < -0.4 is 5.73 Å². The molecule has 0 aromatic heterocycles. The molecule has 0 heterocycles. The lowest BCUT2D eigenvalue weighted by molar-refractivity contribution is -0.141. The summed E-state index contributed by atoms with van der Waals surface area (Å²) in [5.74, 6) is -1.31. The predicted molar refractivity (Wildman–Crippen MR) is 51.7 cm³/mol. The molecule has 78 valence electrons. The normalized spacial score (nSPS) is 13.9. The van der Waals surface area contributed by atoms with Gasteiger partial charge in [-0.1, -0.05) is 18.2 Å². The van der Waals surface area contributed by atoms with Crippen LogP contribution in [0.5, 0.6) is 0 Å². The van der Waals surface area contributed by atoms with Crippen LogP contribution >= 0.6 is 0 Å². The second kappa shape index (κ2) is 4.55. The highest BCUT2D eigenvalue weighted by Crippen LogP contribution is 2.19. The summed E-state index contributed by atoms with van der Waals surface area (Å²) in [5.41, 5.74) is 5.71. The molecule has 5 nitrogen and oxygen atoms in total. The van der Waals surface area contributed by atoms with E-state index in [9.17, 15) is 9.90 Å². The van der Waals surface area contributed by atoms with Gasteiger partial charge >= 0.3 is 5.97 Å². The molecule has 0 radical (unpaired) electrons. The van der Waals surface area contributed by atoms with Crippen LogP contribution in [0.15, 0.2) is 24.3 Å². The second-order valence-corrected chi connectivity index (χ2v) is 3.01. The Morgan fingerprint density at radius 3 is 2.60 bits per heavy atom. The number of hydrogen-bond acceptors (Lipinski definition) is 4. The molecule has 2 unspecified atom stereocenters.